The summed E-state index contributed by atoms with van der Waals surface area (Å²) in [5.41, 5.74) is -0.378. The third-order valence-corrected chi connectivity index (χ3v) is 3.15. The maximum atomic E-state index is 13.5. The van der Waals surface area contributed by atoms with Crippen molar-refractivity contribution in [3.8, 4) is 6.07 Å². The third kappa shape index (κ3) is 4.52. The highest BCUT2D eigenvalue weighted by atomic mass is 19.1. The van der Waals surface area contributed by atoms with Gasteiger partial charge in [-0.2, -0.15) is 5.26 Å². The van der Waals surface area contributed by atoms with E-state index in [9.17, 15) is 18.4 Å². The standard InChI is InChI=1S/C15H16F2N2O3/c1-9(6-7-18)14(15(21)22-2)19-13(20)8-10-11(16)4-3-5-12(10)17/h3-5,9,14H,6,8H2,1-2H3,(H,19,20)/t9-,14+/m0/s1. The Kier molecular flexibility index (Phi) is 6.45. The van der Waals surface area contributed by atoms with Crippen LogP contribution < -0.4 is 5.32 Å². The van der Waals surface area contributed by atoms with E-state index >= 15 is 0 Å². The molecular formula is C15H16F2N2O3. The Morgan fingerprint density at radius 2 is 1.95 bits per heavy atom. The number of carbonyl (C=O) groups excluding carboxylic acids is 2. The summed E-state index contributed by atoms with van der Waals surface area (Å²) in [6.45, 7) is 1.59. The summed E-state index contributed by atoms with van der Waals surface area (Å²) in [5, 5.41) is 11.0. The Labute approximate surface area is 126 Å². The lowest BCUT2D eigenvalue weighted by atomic mass is 9.98. The lowest BCUT2D eigenvalue weighted by Gasteiger charge is -2.21. The molecule has 0 bridgehead atoms. The van der Waals surface area contributed by atoms with Crippen LogP contribution in [-0.4, -0.2) is 25.0 Å². The van der Waals surface area contributed by atoms with Crippen LogP contribution in [0, 0.1) is 28.9 Å². The van der Waals surface area contributed by atoms with Crippen LogP contribution >= 0.6 is 0 Å². The zero-order valence-electron chi connectivity index (χ0n) is 12.2. The Morgan fingerprint density at radius 1 is 1.36 bits per heavy atom. The molecule has 0 heterocycles. The lowest BCUT2D eigenvalue weighted by Crippen LogP contribution is -2.46. The van der Waals surface area contributed by atoms with Gasteiger partial charge >= 0.3 is 5.97 Å². The van der Waals surface area contributed by atoms with Crippen LogP contribution in [0.4, 0.5) is 8.78 Å². The topological polar surface area (TPSA) is 79.2 Å². The summed E-state index contributed by atoms with van der Waals surface area (Å²) in [6.07, 6.45) is -0.528. The van der Waals surface area contributed by atoms with Gasteiger partial charge in [0.15, 0.2) is 0 Å². The molecule has 118 valence electrons. The zero-order valence-corrected chi connectivity index (χ0v) is 12.2. The minimum absolute atomic E-state index is 0.0219. The number of halogens is 2. The molecule has 0 aliphatic carbocycles. The molecule has 1 aromatic carbocycles. The van der Waals surface area contributed by atoms with Crippen LogP contribution in [0.25, 0.3) is 0 Å². The van der Waals surface area contributed by atoms with Crippen molar-refractivity contribution in [2.24, 2.45) is 5.92 Å². The first-order valence-corrected chi connectivity index (χ1v) is 6.57. The van der Waals surface area contributed by atoms with Gasteiger partial charge in [0.2, 0.25) is 5.91 Å². The highest BCUT2D eigenvalue weighted by molar-refractivity contribution is 5.85. The second kappa shape index (κ2) is 8.08. The first-order chi connectivity index (χ1) is 10.4. The van der Waals surface area contributed by atoms with Gasteiger partial charge in [-0.05, 0) is 12.1 Å². The summed E-state index contributed by atoms with van der Waals surface area (Å²) < 4.78 is 31.6. The first kappa shape index (κ1) is 17.6. The molecule has 7 heteroatoms. The Hall–Kier alpha value is -2.49. The van der Waals surface area contributed by atoms with Crippen molar-refractivity contribution in [2.45, 2.75) is 25.8 Å². The van der Waals surface area contributed by atoms with Gasteiger partial charge in [-0.15, -0.1) is 0 Å². The summed E-state index contributed by atoms with van der Waals surface area (Å²) in [7, 11) is 1.15. The Balaban J connectivity index is 2.84. The number of hydrogen-bond donors (Lipinski definition) is 1. The van der Waals surface area contributed by atoms with Crippen LogP contribution in [0.3, 0.4) is 0 Å². The number of carbonyl (C=O) groups is 2. The molecular weight excluding hydrogens is 294 g/mol. The van der Waals surface area contributed by atoms with Crippen LogP contribution in [0.15, 0.2) is 18.2 Å². The SMILES string of the molecule is COC(=O)[C@H](NC(=O)Cc1c(F)cccc1F)[C@@H](C)CC#N. The van der Waals surface area contributed by atoms with Gasteiger partial charge in [-0.3, -0.25) is 4.79 Å². The van der Waals surface area contributed by atoms with Crippen LogP contribution in [0.1, 0.15) is 18.9 Å². The van der Waals surface area contributed by atoms with Gasteiger partial charge in [-0.1, -0.05) is 13.0 Å². The lowest BCUT2D eigenvalue weighted by molar-refractivity contribution is -0.146. The summed E-state index contributed by atoms with van der Waals surface area (Å²) in [6, 6.07) is 4.12. The minimum atomic E-state index is -1.05. The monoisotopic (exact) mass is 310 g/mol. The maximum Gasteiger partial charge on any atom is 0.328 e. The van der Waals surface area contributed by atoms with Crippen molar-refractivity contribution < 1.29 is 23.1 Å². The number of hydrogen-bond acceptors (Lipinski definition) is 4. The van der Waals surface area contributed by atoms with Gasteiger partial charge < -0.3 is 10.1 Å². The molecule has 22 heavy (non-hydrogen) atoms. The van der Waals surface area contributed by atoms with Gasteiger partial charge in [0.1, 0.15) is 17.7 Å². The van der Waals surface area contributed by atoms with Gasteiger partial charge in [0.25, 0.3) is 0 Å². The molecule has 0 saturated heterocycles. The Bertz CT molecular complexity index is 579. The number of rotatable bonds is 6. The van der Waals surface area contributed by atoms with E-state index in [2.05, 4.69) is 10.1 Å². The van der Waals surface area contributed by atoms with Gasteiger partial charge in [0.05, 0.1) is 19.6 Å². The highest BCUT2D eigenvalue weighted by Gasteiger charge is 2.28. The number of methoxy groups -OCH3 is 1. The van der Waals surface area contributed by atoms with E-state index in [4.69, 9.17) is 5.26 Å². The fourth-order valence-electron chi connectivity index (χ4n) is 1.91. The largest absolute Gasteiger partial charge is 0.467 e. The highest BCUT2D eigenvalue weighted by Crippen LogP contribution is 2.14. The van der Waals surface area contributed by atoms with E-state index < -0.39 is 41.9 Å². The number of benzene rings is 1. The van der Waals surface area contributed by atoms with E-state index in [1.165, 1.54) is 6.07 Å². The van der Waals surface area contributed by atoms with Crippen molar-refractivity contribution in [3.05, 3.63) is 35.4 Å². The molecule has 0 fully saturated rings. The fraction of sp³-hybridized carbons (Fsp3) is 0.400. The first-order valence-electron chi connectivity index (χ1n) is 6.57. The molecule has 1 N–H and O–H groups in total. The minimum Gasteiger partial charge on any atom is -0.467 e. The van der Waals surface area contributed by atoms with E-state index in [1.807, 2.05) is 6.07 Å². The molecule has 0 saturated carbocycles. The summed E-state index contributed by atoms with van der Waals surface area (Å²) in [4.78, 5) is 23.6. The molecule has 2 atom stereocenters. The normalized spacial score (nSPS) is 12.9. The van der Waals surface area contributed by atoms with Crippen molar-refractivity contribution >= 4 is 11.9 Å². The van der Waals surface area contributed by atoms with Crippen LogP contribution in [0.5, 0.6) is 0 Å². The number of ether oxygens (including phenoxy) is 1. The van der Waals surface area contributed by atoms with E-state index in [0.29, 0.717) is 0 Å². The third-order valence-electron chi connectivity index (χ3n) is 3.15. The van der Waals surface area contributed by atoms with E-state index in [-0.39, 0.29) is 12.0 Å². The van der Waals surface area contributed by atoms with Crippen molar-refractivity contribution in [1.29, 1.82) is 5.26 Å². The molecule has 0 aromatic heterocycles. The molecule has 1 amide bonds. The van der Waals surface area contributed by atoms with Gasteiger partial charge in [0, 0.05) is 17.9 Å². The van der Waals surface area contributed by atoms with Crippen molar-refractivity contribution in [1.82, 2.24) is 5.32 Å². The number of nitriles is 1. The molecule has 0 spiro atoms. The smallest absolute Gasteiger partial charge is 0.328 e. The summed E-state index contributed by atoms with van der Waals surface area (Å²) in [5.74, 6) is -3.62. The number of nitrogens with one attached hydrogen (secondary N) is 1. The summed E-state index contributed by atoms with van der Waals surface area (Å²) >= 11 is 0. The van der Waals surface area contributed by atoms with Crippen LogP contribution in [-0.2, 0) is 20.7 Å². The Morgan fingerprint density at radius 3 is 2.45 bits per heavy atom. The average Bonchev–Trinajstić information content (AvgIpc) is 2.48. The van der Waals surface area contributed by atoms with E-state index in [0.717, 1.165) is 19.2 Å². The maximum absolute atomic E-state index is 13.5. The zero-order chi connectivity index (χ0) is 16.7. The number of nitrogens with zero attached hydrogens (tertiary/aromatic N) is 1. The fourth-order valence-corrected chi connectivity index (χ4v) is 1.91. The molecule has 0 radical (unpaired) electrons. The molecule has 5 nitrogen and oxygen atoms in total. The number of amides is 1. The predicted octanol–water partition coefficient (Wildman–Crippen LogP) is 1.71. The average molecular weight is 310 g/mol. The van der Waals surface area contributed by atoms with E-state index in [1.54, 1.807) is 6.92 Å². The van der Waals surface area contributed by atoms with Crippen molar-refractivity contribution in [2.75, 3.05) is 7.11 Å². The predicted molar refractivity (Wildman–Crippen MR) is 73.4 cm³/mol. The van der Waals surface area contributed by atoms with Crippen molar-refractivity contribution in [3.63, 3.8) is 0 Å². The molecule has 0 aliphatic heterocycles. The number of esters is 1. The quantitative estimate of drug-likeness (QED) is 0.811. The molecule has 0 aliphatic rings. The molecule has 1 rings (SSSR count). The second-order valence-electron chi connectivity index (χ2n) is 4.78. The van der Waals surface area contributed by atoms with Crippen LogP contribution in [0.2, 0.25) is 0 Å². The molecule has 0 unspecified atom stereocenters. The van der Waals surface area contributed by atoms with Gasteiger partial charge in [-0.25, -0.2) is 13.6 Å². The molecule has 1 aromatic rings. The second-order valence-corrected chi connectivity index (χ2v) is 4.78.